The molecule has 6 nitrogen and oxygen atoms in total. The smallest absolute Gasteiger partial charge is 0.360 e. The number of nitrogens with one attached hydrogen (secondary N) is 1. The Morgan fingerprint density at radius 3 is 2.76 bits per heavy atom. The molecule has 0 fully saturated rings. The van der Waals surface area contributed by atoms with Gasteiger partial charge in [0, 0.05) is 20.6 Å². The minimum Gasteiger partial charge on any atom is -0.388 e. The molecule has 1 rings (SSSR count). The normalized spacial score (nSPS) is 9.76. The van der Waals surface area contributed by atoms with Crippen LogP contribution in [0, 0.1) is 11.3 Å². The molecule has 1 N–H and O–H groups in total. The first kappa shape index (κ1) is 13.0. The van der Waals surface area contributed by atoms with Crippen molar-refractivity contribution in [2.75, 3.05) is 30.9 Å². The van der Waals surface area contributed by atoms with Crippen molar-refractivity contribution < 1.29 is 4.42 Å². The zero-order chi connectivity index (χ0) is 12.8. The third-order valence-corrected chi connectivity index (χ3v) is 2.15. The van der Waals surface area contributed by atoms with Gasteiger partial charge >= 0.3 is 11.6 Å². The van der Waals surface area contributed by atoms with Crippen LogP contribution >= 0.6 is 0 Å². The van der Waals surface area contributed by atoms with Crippen LogP contribution < -0.4 is 15.8 Å². The van der Waals surface area contributed by atoms with E-state index in [9.17, 15) is 4.79 Å². The summed E-state index contributed by atoms with van der Waals surface area (Å²) in [6.45, 7) is 2.74. The first-order chi connectivity index (χ1) is 8.10. The van der Waals surface area contributed by atoms with Crippen molar-refractivity contribution in [3.05, 3.63) is 16.0 Å². The largest absolute Gasteiger partial charge is 0.388 e. The van der Waals surface area contributed by atoms with Crippen LogP contribution in [0.15, 0.2) is 9.21 Å². The zero-order valence-electron chi connectivity index (χ0n) is 10.3. The quantitative estimate of drug-likeness (QED) is 0.773. The van der Waals surface area contributed by atoms with Crippen LogP contribution in [0.2, 0.25) is 0 Å². The molecule has 0 aliphatic heterocycles. The van der Waals surface area contributed by atoms with Crippen molar-refractivity contribution in [1.82, 2.24) is 4.98 Å². The van der Waals surface area contributed by atoms with Crippen LogP contribution in [0.5, 0.6) is 0 Å². The van der Waals surface area contributed by atoms with Gasteiger partial charge in [0.2, 0.25) is 0 Å². The summed E-state index contributed by atoms with van der Waals surface area (Å²) < 4.78 is 4.90. The number of nitrogens with zero attached hydrogens (tertiary/aromatic N) is 3. The van der Waals surface area contributed by atoms with Gasteiger partial charge in [-0.1, -0.05) is 13.3 Å². The van der Waals surface area contributed by atoms with E-state index in [-0.39, 0.29) is 11.6 Å². The van der Waals surface area contributed by atoms with Gasteiger partial charge in [-0.15, -0.1) is 0 Å². The molecule has 6 heteroatoms. The lowest BCUT2D eigenvalue weighted by molar-refractivity contribution is 0.491. The Bertz CT molecular complexity index is 473. The first-order valence-electron chi connectivity index (χ1n) is 5.46. The number of hydrogen-bond acceptors (Lipinski definition) is 6. The second-order valence-corrected chi connectivity index (χ2v) is 3.79. The van der Waals surface area contributed by atoms with Crippen LogP contribution in [-0.2, 0) is 0 Å². The van der Waals surface area contributed by atoms with Crippen molar-refractivity contribution in [2.24, 2.45) is 0 Å². The van der Waals surface area contributed by atoms with E-state index in [0.717, 1.165) is 12.8 Å². The predicted octanol–water partition coefficient (Wildman–Crippen LogP) is 1.18. The lowest BCUT2D eigenvalue weighted by atomic mass is 10.3. The Balaban J connectivity index is 3.07. The maximum atomic E-state index is 11.5. The number of nitriles is 1. The van der Waals surface area contributed by atoms with Crippen LogP contribution in [0.4, 0.5) is 11.8 Å². The maximum Gasteiger partial charge on any atom is 0.360 e. The summed E-state index contributed by atoms with van der Waals surface area (Å²) in [6.07, 6.45) is 1.97. The number of hydrogen-bond donors (Lipinski definition) is 1. The van der Waals surface area contributed by atoms with Gasteiger partial charge in [-0.05, 0) is 6.42 Å². The van der Waals surface area contributed by atoms with Crippen LogP contribution in [0.3, 0.4) is 0 Å². The molecule has 92 valence electrons. The van der Waals surface area contributed by atoms with E-state index in [1.807, 2.05) is 6.07 Å². The summed E-state index contributed by atoms with van der Waals surface area (Å²) in [6, 6.07) is 2.00. The number of aromatic nitrogens is 1. The maximum absolute atomic E-state index is 11.5. The predicted molar refractivity (Wildman–Crippen MR) is 65.2 cm³/mol. The van der Waals surface area contributed by atoms with Crippen LogP contribution in [0.25, 0.3) is 0 Å². The molecular weight excluding hydrogens is 220 g/mol. The molecule has 0 unspecified atom stereocenters. The van der Waals surface area contributed by atoms with Gasteiger partial charge in [0.1, 0.15) is 6.07 Å². The number of rotatable bonds is 5. The van der Waals surface area contributed by atoms with E-state index in [0.29, 0.717) is 12.4 Å². The molecule has 0 saturated heterocycles. The summed E-state index contributed by atoms with van der Waals surface area (Å²) in [4.78, 5) is 17.2. The topological polar surface area (TPSA) is 82.2 Å². The number of unbranched alkanes of at least 4 members (excludes halogenated alkanes) is 1. The minimum atomic E-state index is -0.662. The highest BCUT2D eigenvalue weighted by Gasteiger charge is 2.13. The van der Waals surface area contributed by atoms with Crippen molar-refractivity contribution >= 4 is 11.8 Å². The molecule has 0 aliphatic rings. The standard InChI is InChI=1S/C11H16N4O2/c1-4-5-6-13-9-8(7-12)10(16)17-11(14-9)15(2)3/h13H,4-6H2,1-3H3. The van der Waals surface area contributed by atoms with Crippen LogP contribution in [0.1, 0.15) is 25.3 Å². The Hall–Kier alpha value is -2.03. The summed E-state index contributed by atoms with van der Waals surface area (Å²) in [5.41, 5.74) is -0.739. The van der Waals surface area contributed by atoms with Gasteiger partial charge in [-0.2, -0.15) is 10.2 Å². The van der Waals surface area contributed by atoms with Crippen LogP contribution in [-0.4, -0.2) is 25.6 Å². The lowest BCUT2D eigenvalue weighted by Gasteiger charge is -2.11. The third-order valence-electron chi connectivity index (χ3n) is 2.15. The monoisotopic (exact) mass is 236 g/mol. The molecule has 1 aromatic heterocycles. The van der Waals surface area contributed by atoms with Gasteiger partial charge in [-0.3, -0.25) is 0 Å². The number of anilines is 2. The fourth-order valence-corrected chi connectivity index (χ4v) is 1.21. The molecule has 0 aromatic carbocycles. The van der Waals surface area contributed by atoms with E-state index >= 15 is 0 Å². The SMILES string of the molecule is CCCCNc1nc(N(C)C)oc(=O)c1C#N. The van der Waals surface area contributed by atoms with Crippen molar-refractivity contribution in [3.8, 4) is 6.07 Å². The second-order valence-electron chi connectivity index (χ2n) is 3.79. The Labute approximate surface area is 99.9 Å². The van der Waals surface area contributed by atoms with Gasteiger partial charge in [-0.25, -0.2) is 4.79 Å². The average Bonchev–Trinajstić information content (AvgIpc) is 2.28. The molecular formula is C11H16N4O2. The molecule has 0 atom stereocenters. The zero-order valence-corrected chi connectivity index (χ0v) is 10.3. The van der Waals surface area contributed by atoms with E-state index < -0.39 is 5.63 Å². The summed E-state index contributed by atoms with van der Waals surface area (Å²) in [5, 5.41) is 11.9. The molecule has 0 radical (unpaired) electrons. The molecule has 0 amide bonds. The molecule has 17 heavy (non-hydrogen) atoms. The van der Waals surface area contributed by atoms with E-state index in [4.69, 9.17) is 9.68 Å². The Morgan fingerprint density at radius 2 is 2.24 bits per heavy atom. The average molecular weight is 236 g/mol. The second kappa shape index (κ2) is 5.89. The molecule has 1 heterocycles. The molecule has 0 spiro atoms. The molecule has 1 aromatic rings. The van der Waals surface area contributed by atoms with Gasteiger partial charge in [0.05, 0.1) is 0 Å². The third kappa shape index (κ3) is 3.21. The van der Waals surface area contributed by atoms with Crippen molar-refractivity contribution in [1.29, 1.82) is 5.26 Å². The Morgan fingerprint density at radius 1 is 1.53 bits per heavy atom. The van der Waals surface area contributed by atoms with Gasteiger partial charge in [0.15, 0.2) is 11.4 Å². The summed E-state index contributed by atoms with van der Waals surface area (Å²) >= 11 is 0. The van der Waals surface area contributed by atoms with E-state index in [1.54, 1.807) is 19.0 Å². The Kier molecular flexibility index (Phi) is 4.52. The van der Waals surface area contributed by atoms with E-state index in [1.165, 1.54) is 0 Å². The lowest BCUT2D eigenvalue weighted by Crippen LogP contribution is -2.19. The highest BCUT2D eigenvalue weighted by Crippen LogP contribution is 2.13. The molecule has 0 saturated carbocycles. The van der Waals surface area contributed by atoms with Gasteiger partial charge in [0.25, 0.3) is 0 Å². The van der Waals surface area contributed by atoms with Crippen molar-refractivity contribution in [3.63, 3.8) is 0 Å². The van der Waals surface area contributed by atoms with Crippen molar-refractivity contribution in [2.45, 2.75) is 19.8 Å². The summed E-state index contributed by atoms with van der Waals surface area (Å²) in [7, 11) is 3.43. The molecule has 0 aliphatic carbocycles. The molecule has 0 bridgehead atoms. The highest BCUT2D eigenvalue weighted by atomic mass is 16.4. The fraction of sp³-hybridized carbons (Fsp3) is 0.545. The first-order valence-corrected chi connectivity index (χ1v) is 5.46. The fourth-order valence-electron chi connectivity index (χ4n) is 1.21. The highest BCUT2D eigenvalue weighted by molar-refractivity contribution is 5.52. The minimum absolute atomic E-state index is 0.0771. The van der Waals surface area contributed by atoms with E-state index in [2.05, 4.69) is 17.2 Å². The summed E-state index contributed by atoms with van der Waals surface area (Å²) in [5.74, 6) is 0.293. The van der Waals surface area contributed by atoms with Gasteiger partial charge < -0.3 is 14.6 Å².